The van der Waals surface area contributed by atoms with Crippen molar-refractivity contribution in [2.75, 3.05) is 23.1 Å². The number of nitrogens with one attached hydrogen (secondary N) is 2. The summed E-state index contributed by atoms with van der Waals surface area (Å²) in [6, 6.07) is 6.51. The summed E-state index contributed by atoms with van der Waals surface area (Å²) < 4.78 is 21.4. The van der Waals surface area contributed by atoms with Gasteiger partial charge < -0.3 is 14.6 Å². The van der Waals surface area contributed by atoms with E-state index in [4.69, 9.17) is 11.6 Å². The molecule has 152 valence electrons. The van der Waals surface area contributed by atoms with Crippen LogP contribution in [0.1, 0.15) is 18.4 Å². The minimum Gasteiger partial charge on any atom is -0.352 e. The molecule has 0 bridgehead atoms. The van der Waals surface area contributed by atoms with Crippen LogP contribution in [0.3, 0.4) is 0 Å². The lowest BCUT2D eigenvalue weighted by molar-refractivity contribution is 0.589. The second kappa shape index (κ2) is 8.22. The molecule has 29 heavy (non-hydrogen) atoms. The molecule has 1 saturated heterocycles. The fraction of sp³-hybridized carbons (Fsp3) is 0.300. The molecule has 0 atom stereocenters. The van der Waals surface area contributed by atoms with Crippen molar-refractivity contribution in [3.63, 3.8) is 0 Å². The van der Waals surface area contributed by atoms with Crippen molar-refractivity contribution in [2.24, 2.45) is 7.05 Å². The van der Waals surface area contributed by atoms with Gasteiger partial charge in [0.1, 0.15) is 5.82 Å². The van der Waals surface area contributed by atoms with E-state index in [9.17, 15) is 9.18 Å². The van der Waals surface area contributed by atoms with E-state index in [1.165, 1.54) is 41.9 Å². The molecule has 0 spiro atoms. The van der Waals surface area contributed by atoms with Crippen molar-refractivity contribution in [3.05, 3.63) is 57.3 Å². The van der Waals surface area contributed by atoms with Gasteiger partial charge in [-0.3, -0.25) is 4.79 Å². The molecule has 0 unspecified atom stereocenters. The van der Waals surface area contributed by atoms with E-state index in [-0.39, 0.29) is 16.3 Å². The van der Waals surface area contributed by atoms with Gasteiger partial charge in [-0.05, 0) is 49.6 Å². The zero-order valence-corrected chi connectivity index (χ0v) is 17.7. The number of aryl methyl sites for hydroxylation is 2. The summed E-state index contributed by atoms with van der Waals surface area (Å²) in [5.74, 6) is -0.467. The van der Waals surface area contributed by atoms with Crippen LogP contribution in [0.2, 0.25) is 5.02 Å². The molecule has 0 amide bonds. The summed E-state index contributed by atoms with van der Waals surface area (Å²) in [7, 11) is 1.65. The van der Waals surface area contributed by atoms with Gasteiger partial charge in [-0.15, -0.1) is 0 Å². The molecule has 1 aliphatic rings. The molecule has 1 aromatic heterocycles. The molecule has 1 aliphatic heterocycles. The van der Waals surface area contributed by atoms with Crippen molar-refractivity contribution in [3.8, 4) is 0 Å². The van der Waals surface area contributed by atoms with Gasteiger partial charge in [-0.25, -0.2) is 13.7 Å². The molecular formula is C20H21ClFN5OS. The van der Waals surface area contributed by atoms with Gasteiger partial charge in [0.05, 0.1) is 33.6 Å². The van der Waals surface area contributed by atoms with Crippen LogP contribution in [-0.2, 0) is 7.05 Å². The van der Waals surface area contributed by atoms with Crippen molar-refractivity contribution in [1.29, 1.82) is 0 Å². The van der Waals surface area contributed by atoms with Crippen LogP contribution in [0.5, 0.6) is 0 Å². The Bertz CT molecular complexity index is 1130. The third-order valence-electron chi connectivity index (χ3n) is 5.05. The molecule has 4 rings (SSSR count). The van der Waals surface area contributed by atoms with Crippen LogP contribution in [-0.4, -0.2) is 26.9 Å². The Morgan fingerprint density at radius 3 is 2.66 bits per heavy atom. The van der Waals surface area contributed by atoms with Gasteiger partial charge in [-0.1, -0.05) is 11.6 Å². The third kappa shape index (κ3) is 3.92. The zero-order valence-electron chi connectivity index (χ0n) is 16.1. The largest absolute Gasteiger partial charge is 0.352 e. The first-order chi connectivity index (χ1) is 14.0. The maximum atomic E-state index is 14.6. The quantitative estimate of drug-likeness (QED) is 0.561. The molecule has 2 aromatic carbocycles. The summed E-state index contributed by atoms with van der Waals surface area (Å²) in [5.41, 5.74) is 2.54. The maximum Gasteiger partial charge on any atom is 0.261 e. The smallest absolute Gasteiger partial charge is 0.261 e. The number of anilines is 3. The van der Waals surface area contributed by atoms with Crippen LogP contribution < -0.4 is 15.6 Å². The number of halogens is 2. The van der Waals surface area contributed by atoms with E-state index in [2.05, 4.69) is 19.3 Å². The third-order valence-corrected chi connectivity index (χ3v) is 6.37. The number of benzene rings is 2. The SMILES string of the molecule is Cc1c(Nc2c(F)ccc(NSN3CCCC3)c2Cl)ccc2ncn(C)c(=O)c12. The van der Waals surface area contributed by atoms with Gasteiger partial charge in [-0.2, -0.15) is 0 Å². The molecule has 2 heterocycles. The van der Waals surface area contributed by atoms with Crippen molar-refractivity contribution >= 4 is 51.7 Å². The average Bonchev–Trinajstić information content (AvgIpc) is 3.22. The van der Waals surface area contributed by atoms with Gasteiger partial charge >= 0.3 is 0 Å². The van der Waals surface area contributed by atoms with E-state index in [1.54, 1.807) is 25.2 Å². The highest BCUT2D eigenvalue weighted by Crippen LogP contribution is 2.37. The van der Waals surface area contributed by atoms with Gasteiger partial charge in [0.25, 0.3) is 5.56 Å². The Balaban J connectivity index is 1.67. The van der Waals surface area contributed by atoms with Crippen LogP contribution in [0.4, 0.5) is 21.5 Å². The first-order valence-electron chi connectivity index (χ1n) is 9.33. The van der Waals surface area contributed by atoms with Crippen LogP contribution in [0.15, 0.2) is 35.4 Å². The highest BCUT2D eigenvalue weighted by atomic mass is 35.5. The lowest BCUT2D eigenvalue weighted by Gasteiger charge is -2.18. The maximum absolute atomic E-state index is 14.6. The van der Waals surface area contributed by atoms with Gasteiger partial charge in [0, 0.05) is 38.0 Å². The molecule has 0 radical (unpaired) electrons. The molecule has 6 nitrogen and oxygen atoms in total. The fourth-order valence-electron chi connectivity index (χ4n) is 3.36. The predicted octanol–water partition coefficient (Wildman–Crippen LogP) is 4.85. The number of fused-ring (bicyclic) bond motifs is 1. The van der Waals surface area contributed by atoms with Crippen molar-refractivity contribution in [2.45, 2.75) is 19.8 Å². The normalized spacial score (nSPS) is 14.5. The van der Waals surface area contributed by atoms with Crippen LogP contribution in [0, 0.1) is 12.7 Å². The average molecular weight is 434 g/mol. The number of hydrogen-bond acceptors (Lipinski definition) is 6. The lowest BCUT2D eigenvalue weighted by atomic mass is 10.1. The summed E-state index contributed by atoms with van der Waals surface area (Å²) in [5, 5.41) is 3.83. The first-order valence-corrected chi connectivity index (χ1v) is 10.5. The molecule has 3 aromatic rings. The number of rotatable bonds is 5. The summed E-state index contributed by atoms with van der Waals surface area (Å²) >= 11 is 7.98. The Hall–Kier alpha value is -2.29. The van der Waals surface area contributed by atoms with E-state index in [1.807, 2.05) is 6.92 Å². The topological polar surface area (TPSA) is 62.2 Å². The van der Waals surface area contributed by atoms with E-state index in [0.29, 0.717) is 27.8 Å². The van der Waals surface area contributed by atoms with E-state index in [0.717, 1.165) is 13.1 Å². The highest BCUT2D eigenvalue weighted by molar-refractivity contribution is 7.98. The second-order valence-corrected chi connectivity index (χ2v) is 8.31. The Labute approximate surface area is 177 Å². The van der Waals surface area contributed by atoms with Gasteiger partial charge in [0.2, 0.25) is 0 Å². The van der Waals surface area contributed by atoms with E-state index >= 15 is 0 Å². The molecule has 9 heteroatoms. The Morgan fingerprint density at radius 2 is 1.90 bits per heavy atom. The molecular weight excluding hydrogens is 413 g/mol. The zero-order chi connectivity index (χ0) is 20.5. The van der Waals surface area contributed by atoms with Crippen LogP contribution >= 0.6 is 23.7 Å². The molecule has 0 saturated carbocycles. The summed E-state index contributed by atoms with van der Waals surface area (Å²) in [6.45, 7) is 3.84. The summed E-state index contributed by atoms with van der Waals surface area (Å²) in [6.07, 6.45) is 3.84. The minimum absolute atomic E-state index is 0.153. The number of nitrogens with zero attached hydrogens (tertiary/aromatic N) is 3. The standard InChI is InChI=1S/C20H21ClFN5OS/c1-12-14(7-8-15-17(12)20(28)26(2)11-23-15)24-19-13(22)5-6-16(18(19)21)25-29-27-9-3-4-10-27/h5-8,11,24-25H,3-4,9-10H2,1-2H3. The second-order valence-electron chi connectivity index (χ2n) is 7.03. The molecule has 1 fully saturated rings. The number of hydrogen-bond donors (Lipinski definition) is 2. The fourth-order valence-corrected chi connectivity index (χ4v) is 4.50. The van der Waals surface area contributed by atoms with Crippen molar-refractivity contribution in [1.82, 2.24) is 13.9 Å². The highest BCUT2D eigenvalue weighted by Gasteiger charge is 2.17. The lowest BCUT2D eigenvalue weighted by Crippen LogP contribution is -2.18. The van der Waals surface area contributed by atoms with E-state index < -0.39 is 5.82 Å². The minimum atomic E-state index is -0.467. The Morgan fingerprint density at radius 1 is 1.17 bits per heavy atom. The predicted molar refractivity (Wildman–Crippen MR) is 118 cm³/mol. The monoisotopic (exact) mass is 433 g/mol. The number of aromatic nitrogens is 2. The first kappa shape index (κ1) is 20.0. The Kier molecular flexibility index (Phi) is 5.67. The molecule has 0 aliphatic carbocycles. The van der Waals surface area contributed by atoms with Crippen LogP contribution in [0.25, 0.3) is 10.9 Å². The van der Waals surface area contributed by atoms with Gasteiger partial charge in [0.15, 0.2) is 0 Å². The van der Waals surface area contributed by atoms with Crippen molar-refractivity contribution < 1.29 is 4.39 Å². The summed E-state index contributed by atoms with van der Waals surface area (Å²) in [4.78, 5) is 16.8. The molecule has 2 N–H and O–H groups in total.